The number of hydrogen-bond donors (Lipinski definition) is 0. The number of benzene rings is 1. The zero-order valence-electron chi connectivity index (χ0n) is 11.7. The van der Waals surface area contributed by atoms with Gasteiger partial charge in [0.25, 0.3) is 0 Å². The van der Waals surface area contributed by atoms with Gasteiger partial charge in [0.15, 0.2) is 6.29 Å². The molecular formula is C14H15NO5. The molecule has 1 aromatic heterocycles. The van der Waals surface area contributed by atoms with E-state index in [1.165, 1.54) is 21.3 Å². The lowest BCUT2D eigenvalue weighted by atomic mass is 10.1. The summed E-state index contributed by atoms with van der Waals surface area (Å²) in [5.74, 6) is 0.461. The number of methoxy groups -OCH3 is 3. The highest BCUT2D eigenvalue weighted by Gasteiger charge is 2.24. The molecule has 0 saturated heterocycles. The van der Waals surface area contributed by atoms with Crippen molar-refractivity contribution in [2.45, 2.75) is 0 Å². The van der Waals surface area contributed by atoms with Crippen LogP contribution in [0, 0.1) is 0 Å². The van der Waals surface area contributed by atoms with Gasteiger partial charge in [-0.15, -0.1) is 0 Å². The van der Waals surface area contributed by atoms with Crippen LogP contribution in [0.5, 0.6) is 11.5 Å². The first kappa shape index (κ1) is 13.9. The third-order valence-corrected chi connectivity index (χ3v) is 3.23. The highest BCUT2D eigenvalue weighted by Crippen LogP contribution is 2.36. The molecule has 1 aromatic carbocycles. The van der Waals surface area contributed by atoms with Crippen molar-refractivity contribution in [2.75, 3.05) is 21.3 Å². The summed E-state index contributed by atoms with van der Waals surface area (Å²) in [6.45, 7) is 0. The summed E-state index contributed by atoms with van der Waals surface area (Å²) in [6.07, 6.45) is 0.629. The van der Waals surface area contributed by atoms with Gasteiger partial charge < -0.3 is 18.8 Å². The van der Waals surface area contributed by atoms with Gasteiger partial charge in [-0.1, -0.05) is 0 Å². The fourth-order valence-electron chi connectivity index (χ4n) is 2.27. The molecule has 6 nitrogen and oxygen atoms in total. The number of esters is 1. The molecule has 0 fully saturated rings. The van der Waals surface area contributed by atoms with Crippen LogP contribution in [-0.4, -0.2) is 38.2 Å². The van der Waals surface area contributed by atoms with E-state index in [4.69, 9.17) is 14.2 Å². The number of rotatable bonds is 4. The van der Waals surface area contributed by atoms with E-state index in [9.17, 15) is 9.59 Å². The minimum atomic E-state index is -0.577. The first-order chi connectivity index (χ1) is 9.58. The largest absolute Gasteiger partial charge is 0.497 e. The minimum absolute atomic E-state index is 0.184. The Labute approximate surface area is 115 Å². The van der Waals surface area contributed by atoms with Crippen LogP contribution in [0.2, 0.25) is 0 Å². The van der Waals surface area contributed by atoms with Crippen molar-refractivity contribution in [2.24, 2.45) is 7.05 Å². The second kappa shape index (κ2) is 5.24. The molecule has 0 radical (unpaired) electrons. The number of carbonyl (C=O) groups excluding carboxylic acids is 2. The Morgan fingerprint density at radius 1 is 1.20 bits per heavy atom. The molecule has 2 aromatic rings. The molecule has 0 aliphatic heterocycles. The molecule has 2 rings (SSSR count). The summed E-state index contributed by atoms with van der Waals surface area (Å²) >= 11 is 0. The first-order valence-electron chi connectivity index (χ1n) is 5.86. The van der Waals surface area contributed by atoms with Crippen molar-refractivity contribution in [1.82, 2.24) is 4.57 Å². The zero-order valence-corrected chi connectivity index (χ0v) is 11.7. The Morgan fingerprint density at radius 3 is 2.40 bits per heavy atom. The zero-order chi connectivity index (χ0) is 14.9. The molecule has 0 spiro atoms. The van der Waals surface area contributed by atoms with Gasteiger partial charge in [0, 0.05) is 19.2 Å². The van der Waals surface area contributed by atoms with Crippen LogP contribution in [0.4, 0.5) is 0 Å². The van der Waals surface area contributed by atoms with Gasteiger partial charge in [0.05, 0.1) is 37.8 Å². The van der Waals surface area contributed by atoms with E-state index in [1.54, 1.807) is 23.7 Å². The van der Waals surface area contributed by atoms with Gasteiger partial charge in [-0.3, -0.25) is 4.79 Å². The van der Waals surface area contributed by atoms with Gasteiger partial charge in [-0.2, -0.15) is 0 Å². The van der Waals surface area contributed by atoms with Crippen molar-refractivity contribution >= 4 is 23.2 Å². The molecule has 6 heteroatoms. The maximum absolute atomic E-state index is 11.9. The van der Waals surface area contributed by atoms with Crippen LogP contribution in [0.1, 0.15) is 20.8 Å². The SMILES string of the molecule is COC(=O)c1c(C=O)c2c(OC)cc(OC)cc2n1C. The quantitative estimate of drug-likeness (QED) is 0.629. The third kappa shape index (κ3) is 1.89. The number of hydrogen-bond acceptors (Lipinski definition) is 5. The number of nitrogens with zero attached hydrogens (tertiary/aromatic N) is 1. The summed E-state index contributed by atoms with van der Waals surface area (Å²) in [4.78, 5) is 23.3. The Morgan fingerprint density at radius 2 is 1.90 bits per heavy atom. The monoisotopic (exact) mass is 277 g/mol. The minimum Gasteiger partial charge on any atom is -0.497 e. The smallest absolute Gasteiger partial charge is 0.355 e. The van der Waals surface area contributed by atoms with Crippen LogP contribution < -0.4 is 9.47 Å². The fraction of sp³-hybridized carbons (Fsp3) is 0.286. The summed E-state index contributed by atoms with van der Waals surface area (Å²) in [5, 5.41) is 0.561. The van der Waals surface area contributed by atoms with Crippen LogP contribution in [0.3, 0.4) is 0 Å². The summed E-state index contributed by atoms with van der Waals surface area (Å²) < 4.78 is 16.8. The lowest BCUT2D eigenvalue weighted by Gasteiger charge is -2.07. The number of aldehydes is 1. The van der Waals surface area contributed by atoms with Crippen molar-refractivity contribution in [3.63, 3.8) is 0 Å². The van der Waals surface area contributed by atoms with Gasteiger partial charge in [-0.05, 0) is 0 Å². The molecule has 0 atom stereocenters. The second-order valence-corrected chi connectivity index (χ2v) is 4.15. The van der Waals surface area contributed by atoms with Gasteiger partial charge in [0.1, 0.15) is 17.2 Å². The summed E-state index contributed by atoms with van der Waals surface area (Å²) in [7, 11) is 5.98. The molecular weight excluding hydrogens is 262 g/mol. The van der Waals surface area contributed by atoms with Gasteiger partial charge in [0.2, 0.25) is 0 Å². The van der Waals surface area contributed by atoms with Crippen LogP contribution in [0.25, 0.3) is 10.9 Å². The predicted octanol–water partition coefficient (Wildman–Crippen LogP) is 1.79. The van der Waals surface area contributed by atoms with Crippen LogP contribution in [0.15, 0.2) is 12.1 Å². The van der Waals surface area contributed by atoms with Crippen LogP contribution in [-0.2, 0) is 11.8 Å². The predicted molar refractivity (Wildman–Crippen MR) is 72.8 cm³/mol. The molecule has 1 heterocycles. The van der Waals surface area contributed by atoms with Gasteiger partial charge >= 0.3 is 5.97 Å². The van der Waals surface area contributed by atoms with Crippen molar-refractivity contribution in [3.05, 3.63) is 23.4 Å². The molecule has 0 N–H and O–H groups in total. The van der Waals surface area contributed by atoms with E-state index in [2.05, 4.69) is 0 Å². The molecule has 20 heavy (non-hydrogen) atoms. The van der Waals surface area contributed by atoms with E-state index in [1.807, 2.05) is 0 Å². The number of carbonyl (C=O) groups is 2. The molecule has 0 aliphatic rings. The van der Waals surface area contributed by atoms with Crippen molar-refractivity contribution in [3.8, 4) is 11.5 Å². The van der Waals surface area contributed by atoms with Crippen LogP contribution >= 0.6 is 0 Å². The highest BCUT2D eigenvalue weighted by atomic mass is 16.5. The maximum atomic E-state index is 11.9. The Bertz CT molecular complexity index is 687. The number of fused-ring (bicyclic) bond motifs is 1. The van der Waals surface area contributed by atoms with E-state index in [-0.39, 0.29) is 11.3 Å². The number of ether oxygens (including phenoxy) is 3. The Balaban J connectivity index is 2.94. The average Bonchev–Trinajstić information content (AvgIpc) is 2.77. The molecule has 0 amide bonds. The second-order valence-electron chi connectivity index (χ2n) is 4.15. The molecule has 106 valence electrons. The standard InChI is InChI=1S/C14H15NO5/c1-15-10-5-8(18-2)6-11(19-3)12(10)9(7-16)13(15)14(17)20-4/h5-7H,1-4H3. The number of aromatic nitrogens is 1. The maximum Gasteiger partial charge on any atom is 0.355 e. The van der Waals surface area contributed by atoms with E-state index in [0.29, 0.717) is 28.7 Å². The molecule has 0 saturated carbocycles. The van der Waals surface area contributed by atoms with E-state index < -0.39 is 5.97 Å². The third-order valence-electron chi connectivity index (χ3n) is 3.23. The van der Waals surface area contributed by atoms with E-state index >= 15 is 0 Å². The molecule has 0 unspecified atom stereocenters. The lowest BCUT2D eigenvalue weighted by molar-refractivity contribution is 0.0588. The summed E-state index contributed by atoms with van der Waals surface area (Å²) in [6, 6.07) is 3.40. The van der Waals surface area contributed by atoms with Gasteiger partial charge in [-0.25, -0.2) is 4.79 Å². The molecule has 0 aliphatic carbocycles. The summed E-state index contributed by atoms with van der Waals surface area (Å²) in [5.41, 5.74) is 1.08. The van der Waals surface area contributed by atoms with Crippen molar-refractivity contribution in [1.29, 1.82) is 0 Å². The highest BCUT2D eigenvalue weighted by molar-refractivity contribution is 6.11. The normalized spacial score (nSPS) is 10.4. The molecule has 0 bridgehead atoms. The lowest BCUT2D eigenvalue weighted by Crippen LogP contribution is -2.09. The first-order valence-corrected chi connectivity index (χ1v) is 5.86. The topological polar surface area (TPSA) is 66.8 Å². The number of aryl methyl sites for hydroxylation is 1. The average molecular weight is 277 g/mol. The fourth-order valence-corrected chi connectivity index (χ4v) is 2.27. The Hall–Kier alpha value is -2.50. The van der Waals surface area contributed by atoms with Crippen molar-refractivity contribution < 1.29 is 23.8 Å². The Kier molecular flexibility index (Phi) is 3.65. The van der Waals surface area contributed by atoms with E-state index in [0.717, 1.165) is 0 Å².